The van der Waals surface area contributed by atoms with Crippen molar-refractivity contribution < 1.29 is 14.0 Å². The topological polar surface area (TPSA) is 34.1 Å². The molecule has 0 amide bonds. The van der Waals surface area contributed by atoms with Gasteiger partial charge in [0, 0.05) is 5.56 Å². The van der Waals surface area contributed by atoms with Crippen molar-refractivity contribution in [3.8, 4) is 0 Å². The maximum Gasteiger partial charge on any atom is 0.220 e. The molecule has 0 bridgehead atoms. The zero-order valence-electron chi connectivity index (χ0n) is 10.4. The summed E-state index contributed by atoms with van der Waals surface area (Å²) in [4.78, 5) is 22.7. The van der Waals surface area contributed by atoms with E-state index in [1.54, 1.807) is 12.1 Å². The molecule has 1 rings (SSSR count). The number of hydrogen-bond donors (Lipinski definition) is 0. The van der Waals surface area contributed by atoms with E-state index in [4.69, 9.17) is 0 Å². The van der Waals surface area contributed by atoms with Crippen LogP contribution in [-0.2, 0) is 17.6 Å². The standard InChI is InChI=1S/C14H17FO2/c1-4-10-6-7-12(11(5-2)8-10)14(17)13(15)9(3)16/h6-8,13H,4-5H2,1-3H3. The maximum atomic E-state index is 13.4. The molecule has 0 aliphatic heterocycles. The number of aryl methyl sites for hydroxylation is 2. The summed E-state index contributed by atoms with van der Waals surface area (Å²) >= 11 is 0. The number of rotatable bonds is 5. The van der Waals surface area contributed by atoms with E-state index in [0.29, 0.717) is 12.0 Å². The molecule has 0 saturated carbocycles. The molecule has 3 heteroatoms. The Morgan fingerprint density at radius 3 is 2.35 bits per heavy atom. The first-order valence-electron chi connectivity index (χ1n) is 5.81. The molecule has 0 radical (unpaired) electrons. The monoisotopic (exact) mass is 236 g/mol. The second kappa shape index (κ2) is 5.71. The molecule has 1 atom stereocenters. The van der Waals surface area contributed by atoms with E-state index in [9.17, 15) is 14.0 Å². The number of benzene rings is 1. The van der Waals surface area contributed by atoms with Crippen LogP contribution >= 0.6 is 0 Å². The van der Waals surface area contributed by atoms with E-state index in [2.05, 4.69) is 0 Å². The number of ketones is 2. The van der Waals surface area contributed by atoms with Crippen molar-refractivity contribution in [2.75, 3.05) is 0 Å². The van der Waals surface area contributed by atoms with Gasteiger partial charge in [-0.05, 0) is 30.9 Å². The van der Waals surface area contributed by atoms with Gasteiger partial charge in [0.2, 0.25) is 12.0 Å². The van der Waals surface area contributed by atoms with Crippen molar-refractivity contribution in [2.45, 2.75) is 39.8 Å². The highest BCUT2D eigenvalue weighted by molar-refractivity contribution is 6.13. The third kappa shape index (κ3) is 2.99. The number of hydrogen-bond acceptors (Lipinski definition) is 2. The third-order valence-corrected chi connectivity index (χ3v) is 2.81. The van der Waals surface area contributed by atoms with Crippen LogP contribution in [-0.4, -0.2) is 17.7 Å². The van der Waals surface area contributed by atoms with Gasteiger partial charge in [-0.1, -0.05) is 32.0 Å². The molecule has 0 N–H and O–H groups in total. The fourth-order valence-corrected chi connectivity index (χ4v) is 1.72. The molecule has 1 aromatic rings. The van der Waals surface area contributed by atoms with Crippen molar-refractivity contribution in [2.24, 2.45) is 0 Å². The van der Waals surface area contributed by atoms with Gasteiger partial charge < -0.3 is 0 Å². The highest BCUT2D eigenvalue weighted by Gasteiger charge is 2.25. The van der Waals surface area contributed by atoms with Gasteiger partial charge in [-0.3, -0.25) is 9.59 Å². The van der Waals surface area contributed by atoms with Crippen LogP contribution in [0.4, 0.5) is 4.39 Å². The van der Waals surface area contributed by atoms with Crippen LogP contribution in [0, 0.1) is 0 Å². The van der Waals surface area contributed by atoms with Gasteiger partial charge in [0.15, 0.2) is 5.78 Å². The van der Waals surface area contributed by atoms with Crippen molar-refractivity contribution in [3.05, 3.63) is 34.9 Å². The highest BCUT2D eigenvalue weighted by Crippen LogP contribution is 2.17. The fourth-order valence-electron chi connectivity index (χ4n) is 1.72. The number of halogens is 1. The summed E-state index contributed by atoms with van der Waals surface area (Å²) < 4.78 is 13.4. The fraction of sp³-hybridized carbons (Fsp3) is 0.429. The van der Waals surface area contributed by atoms with Crippen LogP contribution in [0.15, 0.2) is 18.2 Å². The summed E-state index contributed by atoms with van der Waals surface area (Å²) in [6.07, 6.45) is -0.514. The van der Waals surface area contributed by atoms with Crippen LogP contribution in [0.5, 0.6) is 0 Å². The molecule has 17 heavy (non-hydrogen) atoms. The van der Waals surface area contributed by atoms with Gasteiger partial charge in [0.05, 0.1) is 0 Å². The number of Topliss-reactive ketones (excluding diaryl/α,β-unsaturated/α-hetero) is 2. The lowest BCUT2D eigenvalue weighted by Crippen LogP contribution is -2.24. The second-order valence-electron chi connectivity index (χ2n) is 4.04. The molecule has 1 unspecified atom stereocenters. The average Bonchev–Trinajstić information content (AvgIpc) is 2.35. The predicted molar refractivity (Wildman–Crippen MR) is 65.1 cm³/mol. The van der Waals surface area contributed by atoms with Gasteiger partial charge in [-0.25, -0.2) is 4.39 Å². The molecule has 2 nitrogen and oxygen atoms in total. The van der Waals surface area contributed by atoms with Crippen LogP contribution in [0.25, 0.3) is 0 Å². The summed E-state index contributed by atoms with van der Waals surface area (Å²) in [6.45, 7) is 5.02. The molecule has 0 aromatic heterocycles. The highest BCUT2D eigenvalue weighted by atomic mass is 19.1. The smallest absolute Gasteiger partial charge is 0.220 e. The van der Waals surface area contributed by atoms with E-state index < -0.39 is 17.7 Å². The van der Waals surface area contributed by atoms with Crippen molar-refractivity contribution in [3.63, 3.8) is 0 Å². The number of alkyl halides is 1. The second-order valence-corrected chi connectivity index (χ2v) is 4.04. The first-order valence-corrected chi connectivity index (χ1v) is 5.81. The summed E-state index contributed by atoms with van der Waals surface area (Å²) in [5.74, 6) is -1.46. The first kappa shape index (κ1) is 13.6. The largest absolute Gasteiger partial charge is 0.296 e. The predicted octanol–water partition coefficient (Wildman–Crippen LogP) is 2.92. The molecule has 0 fully saturated rings. The molecule has 0 spiro atoms. The van der Waals surface area contributed by atoms with Crippen LogP contribution < -0.4 is 0 Å². The van der Waals surface area contributed by atoms with Crippen molar-refractivity contribution in [1.82, 2.24) is 0 Å². The molecule has 1 aromatic carbocycles. The van der Waals surface area contributed by atoms with Crippen LogP contribution in [0.2, 0.25) is 0 Å². The Labute approximate surface area is 101 Å². The van der Waals surface area contributed by atoms with Crippen molar-refractivity contribution in [1.29, 1.82) is 0 Å². The molecular formula is C14H17FO2. The SMILES string of the molecule is CCc1ccc(C(=O)C(F)C(C)=O)c(CC)c1. The quantitative estimate of drug-likeness (QED) is 0.582. The Bertz CT molecular complexity index is 438. The lowest BCUT2D eigenvalue weighted by Gasteiger charge is -2.10. The Morgan fingerprint density at radius 2 is 1.88 bits per heavy atom. The molecular weight excluding hydrogens is 219 g/mol. The van der Waals surface area contributed by atoms with E-state index in [0.717, 1.165) is 24.5 Å². The normalized spacial score (nSPS) is 12.2. The Morgan fingerprint density at radius 1 is 1.24 bits per heavy atom. The molecule has 92 valence electrons. The van der Waals surface area contributed by atoms with Gasteiger partial charge in [0.25, 0.3) is 0 Å². The summed E-state index contributed by atoms with van der Waals surface area (Å²) in [7, 11) is 0. The zero-order valence-corrected chi connectivity index (χ0v) is 10.4. The van der Waals surface area contributed by atoms with E-state index in [-0.39, 0.29) is 0 Å². The third-order valence-electron chi connectivity index (χ3n) is 2.81. The summed E-state index contributed by atoms with van der Waals surface area (Å²) in [5, 5.41) is 0. The minimum absolute atomic E-state index is 0.326. The molecule has 0 aliphatic carbocycles. The van der Waals surface area contributed by atoms with E-state index in [1.807, 2.05) is 19.9 Å². The van der Waals surface area contributed by atoms with Crippen LogP contribution in [0.1, 0.15) is 42.3 Å². The molecule has 0 saturated heterocycles. The minimum atomic E-state index is -2.03. The van der Waals surface area contributed by atoms with Gasteiger partial charge in [-0.15, -0.1) is 0 Å². The summed E-state index contributed by atoms with van der Waals surface area (Å²) in [6, 6.07) is 5.33. The average molecular weight is 236 g/mol. The van der Waals surface area contributed by atoms with Gasteiger partial charge in [-0.2, -0.15) is 0 Å². The lowest BCUT2D eigenvalue weighted by atomic mass is 9.95. The van der Waals surface area contributed by atoms with Gasteiger partial charge >= 0.3 is 0 Å². The molecule has 0 aliphatic rings. The Hall–Kier alpha value is -1.51. The Kier molecular flexibility index (Phi) is 4.55. The van der Waals surface area contributed by atoms with Crippen LogP contribution in [0.3, 0.4) is 0 Å². The zero-order chi connectivity index (χ0) is 13.0. The van der Waals surface area contributed by atoms with E-state index >= 15 is 0 Å². The van der Waals surface area contributed by atoms with E-state index in [1.165, 1.54) is 0 Å². The number of carbonyl (C=O) groups is 2. The Balaban J connectivity index is 3.13. The van der Waals surface area contributed by atoms with Crippen molar-refractivity contribution >= 4 is 11.6 Å². The minimum Gasteiger partial charge on any atom is -0.296 e. The van der Waals surface area contributed by atoms with Gasteiger partial charge in [0.1, 0.15) is 0 Å². The maximum absolute atomic E-state index is 13.4. The lowest BCUT2D eigenvalue weighted by molar-refractivity contribution is -0.120. The molecule has 0 heterocycles. The summed E-state index contributed by atoms with van der Waals surface area (Å²) in [5.41, 5.74) is 2.24. The first-order chi connectivity index (χ1) is 8.01. The number of carbonyl (C=O) groups excluding carboxylic acids is 2.